The van der Waals surface area contributed by atoms with Crippen LogP contribution in [0, 0.1) is 0 Å². The van der Waals surface area contributed by atoms with Gasteiger partial charge in [-0.2, -0.15) is 0 Å². The van der Waals surface area contributed by atoms with Crippen molar-refractivity contribution in [1.29, 1.82) is 0 Å². The summed E-state index contributed by atoms with van der Waals surface area (Å²) in [5, 5.41) is 0. The maximum Gasteiger partial charge on any atom is 0.206 e. The van der Waals surface area contributed by atoms with Crippen molar-refractivity contribution in [2.24, 2.45) is 0 Å². The van der Waals surface area contributed by atoms with Gasteiger partial charge in [0.05, 0.1) is 9.79 Å². The molecule has 8 nitrogen and oxygen atoms in total. The van der Waals surface area contributed by atoms with E-state index >= 15 is 0 Å². The van der Waals surface area contributed by atoms with Gasteiger partial charge in [0.25, 0.3) is 0 Å². The highest BCUT2D eigenvalue weighted by molar-refractivity contribution is 7.91. The van der Waals surface area contributed by atoms with Crippen LogP contribution in [-0.4, -0.2) is 20.0 Å². The summed E-state index contributed by atoms with van der Waals surface area (Å²) in [6.45, 7) is 0. The Hall–Kier alpha value is -6.19. The minimum Gasteiger partial charge on any atom is -0.457 e. The van der Waals surface area contributed by atoms with Gasteiger partial charge in [-0.3, -0.25) is 9.59 Å². The van der Waals surface area contributed by atoms with E-state index in [2.05, 4.69) is 0 Å². The van der Waals surface area contributed by atoms with Crippen LogP contribution in [0.1, 0.15) is 31.8 Å². The van der Waals surface area contributed by atoms with Crippen molar-refractivity contribution in [1.82, 2.24) is 0 Å². The van der Waals surface area contributed by atoms with E-state index in [1.165, 1.54) is 36.4 Å². The van der Waals surface area contributed by atoms with Gasteiger partial charge in [-0.05, 0) is 121 Å². The number of nitrogen functional groups attached to an aromatic ring is 2. The molecule has 0 saturated carbocycles. The van der Waals surface area contributed by atoms with Crippen molar-refractivity contribution in [3.63, 3.8) is 0 Å². The van der Waals surface area contributed by atoms with Crippen LogP contribution >= 0.6 is 0 Å². The number of hydrogen-bond acceptors (Lipinski definition) is 8. The third-order valence-electron chi connectivity index (χ3n) is 7.28. The van der Waals surface area contributed by atoms with Crippen LogP contribution in [0.4, 0.5) is 11.4 Å². The molecule has 6 aromatic carbocycles. The molecule has 4 N–H and O–H groups in total. The first-order chi connectivity index (χ1) is 22.7. The lowest BCUT2D eigenvalue weighted by Gasteiger charge is -2.10. The normalized spacial score (nSPS) is 11.1. The van der Waals surface area contributed by atoms with Crippen molar-refractivity contribution < 1.29 is 27.5 Å². The Kier molecular flexibility index (Phi) is 8.55. The van der Waals surface area contributed by atoms with Crippen LogP contribution in [0.5, 0.6) is 23.0 Å². The first kappa shape index (κ1) is 30.8. The number of ketones is 2. The summed E-state index contributed by atoms with van der Waals surface area (Å²) in [4.78, 5) is 26.5. The summed E-state index contributed by atoms with van der Waals surface area (Å²) in [5.41, 5.74) is 13.8. The van der Waals surface area contributed by atoms with E-state index in [1.54, 1.807) is 109 Å². The molecule has 0 bridgehead atoms. The van der Waals surface area contributed by atoms with Gasteiger partial charge in [-0.15, -0.1) is 0 Å². The summed E-state index contributed by atoms with van der Waals surface area (Å²) in [6, 6.07) is 38.6. The predicted molar refractivity (Wildman–Crippen MR) is 180 cm³/mol. The molecule has 0 amide bonds. The third-order valence-corrected chi connectivity index (χ3v) is 9.03. The van der Waals surface area contributed by atoms with E-state index in [4.69, 9.17) is 20.9 Å². The highest BCUT2D eigenvalue weighted by Crippen LogP contribution is 2.27. The molecule has 0 fully saturated rings. The van der Waals surface area contributed by atoms with Gasteiger partial charge in [0.15, 0.2) is 11.6 Å². The highest BCUT2D eigenvalue weighted by atomic mass is 32.2. The number of sulfone groups is 1. The van der Waals surface area contributed by atoms with Crippen molar-refractivity contribution in [3.8, 4) is 23.0 Å². The van der Waals surface area contributed by atoms with Gasteiger partial charge < -0.3 is 20.9 Å². The second kappa shape index (κ2) is 13.0. The molecule has 0 aliphatic rings. The van der Waals surface area contributed by atoms with Crippen LogP contribution < -0.4 is 20.9 Å². The molecule has 0 radical (unpaired) electrons. The summed E-state index contributed by atoms with van der Waals surface area (Å²) in [7, 11) is -4.07. The fourth-order valence-corrected chi connectivity index (χ4v) is 6.12. The molecule has 0 unspecified atom stereocenters. The number of ether oxygens (including phenoxy) is 2. The zero-order valence-electron chi connectivity index (χ0n) is 24.9. The number of benzene rings is 6. The van der Waals surface area contributed by atoms with E-state index in [9.17, 15) is 18.0 Å². The lowest BCUT2D eigenvalue weighted by atomic mass is 10.0. The Labute approximate surface area is 271 Å². The predicted octanol–water partition coefficient (Wildman–Crippen LogP) is 7.73. The molecule has 0 aliphatic carbocycles. The van der Waals surface area contributed by atoms with Gasteiger partial charge in [-0.25, -0.2) is 8.42 Å². The first-order valence-corrected chi connectivity index (χ1v) is 16.0. The van der Waals surface area contributed by atoms with Gasteiger partial charge in [-0.1, -0.05) is 24.3 Å². The van der Waals surface area contributed by atoms with E-state index in [-0.39, 0.29) is 32.5 Å². The summed E-state index contributed by atoms with van der Waals surface area (Å²) in [6.07, 6.45) is 0. The Morgan fingerprint density at radius 2 is 0.745 bits per heavy atom. The molecular formula is C38H28N2O6S. The fraction of sp³-hybridized carbons (Fsp3) is 0. The Balaban J connectivity index is 1.17. The molecule has 0 atom stereocenters. The van der Waals surface area contributed by atoms with Crippen molar-refractivity contribution in [2.75, 3.05) is 11.5 Å². The number of anilines is 2. The molecule has 0 aliphatic heterocycles. The maximum absolute atomic E-state index is 13.7. The smallest absolute Gasteiger partial charge is 0.206 e. The minimum absolute atomic E-state index is 0.0691. The zero-order chi connectivity index (χ0) is 33.0. The number of rotatable bonds is 10. The summed E-state index contributed by atoms with van der Waals surface area (Å²) < 4.78 is 38.9. The Morgan fingerprint density at radius 1 is 0.426 bits per heavy atom. The lowest BCUT2D eigenvalue weighted by molar-refractivity contribution is 0.103. The van der Waals surface area contributed by atoms with Crippen LogP contribution in [-0.2, 0) is 9.84 Å². The number of nitrogens with two attached hydrogens (primary N) is 2. The summed E-state index contributed by atoms with van der Waals surface area (Å²) in [5.74, 6) is 1.54. The van der Waals surface area contributed by atoms with Crippen LogP contribution in [0.2, 0.25) is 0 Å². The third kappa shape index (κ3) is 7.06. The average molecular weight is 641 g/mol. The standard InChI is InChI=1S/C38H28N2O6S/c39-29-11-19-33(20-12-29)45-31-15-7-25(8-16-31)37(41)27-3-1-5-35(23-27)47(43,44)36-6-2-4-28(24-36)38(42)26-9-17-32(18-10-26)46-34-21-13-30(40)14-22-34/h1-24H,39-40H2. The van der Waals surface area contributed by atoms with E-state index in [1.807, 2.05) is 0 Å². The molecule has 0 saturated heterocycles. The second-order valence-corrected chi connectivity index (χ2v) is 12.6. The summed E-state index contributed by atoms with van der Waals surface area (Å²) >= 11 is 0. The largest absolute Gasteiger partial charge is 0.457 e. The average Bonchev–Trinajstić information content (AvgIpc) is 3.10. The minimum atomic E-state index is -4.07. The van der Waals surface area contributed by atoms with E-state index in [0.717, 1.165) is 0 Å². The quantitative estimate of drug-likeness (QED) is 0.115. The topological polar surface area (TPSA) is 139 Å². The van der Waals surface area contributed by atoms with Crippen LogP contribution in [0.25, 0.3) is 0 Å². The number of hydrogen-bond donors (Lipinski definition) is 2. The number of carbonyl (C=O) groups is 2. The van der Waals surface area contributed by atoms with Crippen LogP contribution in [0.3, 0.4) is 0 Å². The number of carbonyl (C=O) groups excluding carboxylic acids is 2. The molecule has 47 heavy (non-hydrogen) atoms. The lowest BCUT2D eigenvalue weighted by Crippen LogP contribution is -2.08. The molecule has 232 valence electrons. The Bertz CT molecular complexity index is 2030. The zero-order valence-corrected chi connectivity index (χ0v) is 25.7. The van der Waals surface area contributed by atoms with Gasteiger partial charge in [0, 0.05) is 33.6 Å². The van der Waals surface area contributed by atoms with Crippen molar-refractivity contribution in [2.45, 2.75) is 9.79 Å². The van der Waals surface area contributed by atoms with Gasteiger partial charge in [0.1, 0.15) is 23.0 Å². The SMILES string of the molecule is Nc1ccc(Oc2ccc(C(=O)c3cccc(S(=O)(=O)c4cccc(C(=O)c5ccc(Oc6ccc(N)cc6)cc5)c4)c3)cc2)cc1. The first-order valence-electron chi connectivity index (χ1n) is 14.5. The van der Waals surface area contributed by atoms with Crippen LogP contribution in [0.15, 0.2) is 155 Å². The molecule has 9 heteroatoms. The highest BCUT2D eigenvalue weighted by Gasteiger charge is 2.22. The van der Waals surface area contributed by atoms with Crippen molar-refractivity contribution >= 4 is 32.8 Å². The Morgan fingerprint density at radius 3 is 1.09 bits per heavy atom. The molecule has 6 aromatic rings. The van der Waals surface area contributed by atoms with E-state index < -0.39 is 9.84 Å². The molecule has 6 rings (SSSR count). The van der Waals surface area contributed by atoms with Crippen molar-refractivity contribution in [3.05, 3.63) is 168 Å². The molecule has 0 heterocycles. The van der Waals surface area contributed by atoms with E-state index in [0.29, 0.717) is 45.5 Å². The fourth-order valence-electron chi connectivity index (χ4n) is 4.77. The second-order valence-electron chi connectivity index (χ2n) is 10.6. The van der Waals surface area contributed by atoms with Gasteiger partial charge in [0.2, 0.25) is 9.84 Å². The molecular weight excluding hydrogens is 612 g/mol. The maximum atomic E-state index is 13.7. The monoisotopic (exact) mass is 640 g/mol. The molecule has 0 spiro atoms. The molecule has 0 aromatic heterocycles. The van der Waals surface area contributed by atoms with Gasteiger partial charge >= 0.3 is 0 Å².